The Labute approximate surface area is 113 Å². The van der Waals surface area contributed by atoms with Crippen LogP contribution in [0.5, 0.6) is 0 Å². The van der Waals surface area contributed by atoms with Crippen molar-refractivity contribution in [3.8, 4) is 6.07 Å². The van der Waals surface area contributed by atoms with Gasteiger partial charge in [0.05, 0.1) is 11.3 Å². The Kier molecular flexibility index (Phi) is 2.70. The van der Waals surface area contributed by atoms with Crippen molar-refractivity contribution in [1.82, 2.24) is 10.3 Å². The standard InChI is InChI=1S/C15H18N4/c1-9-4-15(18-11(3)13(9)5-16)19-7-12-6-17-10(2)14(12)8-19/h4,12,14,17H,2,6-8H2,1,3H3/t12-,14-/m0/s1. The average molecular weight is 254 g/mol. The first-order chi connectivity index (χ1) is 9.10. The fourth-order valence-corrected chi connectivity index (χ4v) is 3.20. The fraction of sp³-hybridized carbons (Fsp3) is 0.467. The molecule has 3 heterocycles. The van der Waals surface area contributed by atoms with Crippen LogP contribution in [-0.2, 0) is 0 Å². The molecule has 0 aromatic carbocycles. The van der Waals surface area contributed by atoms with Gasteiger partial charge in [-0.2, -0.15) is 5.26 Å². The Morgan fingerprint density at radius 2 is 2.26 bits per heavy atom. The van der Waals surface area contributed by atoms with Gasteiger partial charge in [-0.25, -0.2) is 4.98 Å². The summed E-state index contributed by atoms with van der Waals surface area (Å²) in [5, 5.41) is 12.4. The Bertz CT molecular complexity index is 561. The summed E-state index contributed by atoms with van der Waals surface area (Å²) in [5.41, 5.74) is 3.70. The first-order valence-electron chi connectivity index (χ1n) is 6.66. The zero-order valence-corrected chi connectivity index (χ0v) is 11.4. The molecule has 1 N–H and O–H groups in total. The van der Waals surface area contributed by atoms with E-state index in [4.69, 9.17) is 5.26 Å². The SMILES string of the molecule is C=C1NC[C@H]2CN(c3cc(C)c(C#N)c(C)n3)C[C@@H]12. The van der Waals surface area contributed by atoms with Crippen LogP contribution in [0.1, 0.15) is 16.8 Å². The summed E-state index contributed by atoms with van der Waals surface area (Å²) in [4.78, 5) is 6.91. The van der Waals surface area contributed by atoms with E-state index < -0.39 is 0 Å². The topological polar surface area (TPSA) is 52.0 Å². The third-order valence-corrected chi connectivity index (χ3v) is 4.30. The van der Waals surface area contributed by atoms with E-state index in [1.54, 1.807) is 0 Å². The molecule has 4 heteroatoms. The van der Waals surface area contributed by atoms with Crippen LogP contribution >= 0.6 is 0 Å². The van der Waals surface area contributed by atoms with Gasteiger partial charge >= 0.3 is 0 Å². The quantitative estimate of drug-likeness (QED) is 0.829. The second-order valence-electron chi connectivity index (χ2n) is 5.55. The van der Waals surface area contributed by atoms with Gasteiger partial charge in [0.25, 0.3) is 0 Å². The van der Waals surface area contributed by atoms with Crippen molar-refractivity contribution in [2.45, 2.75) is 13.8 Å². The van der Waals surface area contributed by atoms with Crippen LogP contribution in [-0.4, -0.2) is 24.6 Å². The van der Waals surface area contributed by atoms with Gasteiger partial charge in [0.2, 0.25) is 0 Å². The van der Waals surface area contributed by atoms with Crippen LogP contribution < -0.4 is 10.2 Å². The number of aryl methyl sites for hydroxylation is 2. The van der Waals surface area contributed by atoms with Crippen LogP contribution in [0.3, 0.4) is 0 Å². The van der Waals surface area contributed by atoms with Crippen LogP contribution in [0.25, 0.3) is 0 Å². The highest BCUT2D eigenvalue weighted by atomic mass is 15.2. The van der Waals surface area contributed by atoms with E-state index in [0.717, 1.165) is 42.4 Å². The largest absolute Gasteiger partial charge is 0.388 e. The maximum atomic E-state index is 9.10. The maximum Gasteiger partial charge on any atom is 0.129 e. The molecular formula is C15H18N4. The highest BCUT2D eigenvalue weighted by Crippen LogP contribution is 2.34. The van der Waals surface area contributed by atoms with E-state index in [1.165, 1.54) is 0 Å². The molecule has 0 saturated carbocycles. The average Bonchev–Trinajstić information content (AvgIpc) is 2.92. The number of nitriles is 1. The molecule has 19 heavy (non-hydrogen) atoms. The Hall–Kier alpha value is -2.02. The second-order valence-corrected chi connectivity index (χ2v) is 5.55. The van der Waals surface area contributed by atoms with Crippen molar-refractivity contribution in [1.29, 1.82) is 5.26 Å². The first-order valence-corrected chi connectivity index (χ1v) is 6.66. The number of nitrogens with zero attached hydrogens (tertiary/aromatic N) is 3. The second kappa shape index (κ2) is 4.27. The minimum Gasteiger partial charge on any atom is -0.388 e. The summed E-state index contributed by atoms with van der Waals surface area (Å²) < 4.78 is 0. The lowest BCUT2D eigenvalue weighted by Gasteiger charge is -2.20. The number of aromatic nitrogens is 1. The zero-order chi connectivity index (χ0) is 13.6. The van der Waals surface area contributed by atoms with Gasteiger partial charge < -0.3 is 10.2 Å². The number of hydrogen-bond acceptors (Lipinski definition) is 4. The number of rotatable bonds is 1. The highest BCUT2D eigenvalue weighted by Gasteiger charge is 2.39. The first kappa shape index (κ1) is 12.0. The highest BCUT2D eigenvalue weighted by molar-refractivity contribution is 5.51. The molecule has 0 spiro atoms. The molecule has 0 amide bonds. The van der Waals surface area contributed by atoms with Crippen LogP contribution in [0.15, 0.2) is 18.3 Å². The number of anilines is 1. The number of pyridine rings is 1. The molecule has 0 radical (unpaired) electrons. The van der Waals surface area contributed by atoms with Crippen LogP contribution in [0.2, 0.25) is 0 Å². The third kappa shape index (κ3) is 1.86. The number of hydrogen-bond donors (Lipinski definition) is 1. The molecule has 0 aliphatic carbocycles. The van der Waals surface area contributed by atoms with Gasteiger partial charge in [-0.05, 0) is 25.5 Å². The Balaban J connectivity index is 1.89. The molecule has 3 rings (SSSR count). The van der Waals surface area contributed by atoms with Gasteiger partial charge in [-0.15, -0.1) is 0 Å². The van der Waals surface area contributed by atoms with E-state index in [0.29, 0.717) is 17.4 Å². The van der Waals surface area contributed by atoms with E-state index >= 15 is 0 Å². The minimum absolute atomic E-state index is 0.540. The minimum atomic E-state index is 0.540. The fourth-order valence-electron chi connectivity index (χ4n) is 3.20. The van der Waals surface area contributed by atoms with E-state index in [1.807, 2.05) is 19.9 Å². The molecule has 98 valence electrons. The van der Waals surface area contributed by atoms with Gasteiger partial charge in [0, 0.05) is 37.2 Å². The lowest BCUT2D eigenvalue weighted by atomic mass is 9.99. The van der Waals surface area contributed by atoms with Gasteiger partial charge in [-0.3, -0.25) is 0 Å². The monoisotopic (exact) mass is 254 g/mol. The van der Waals surface area contributed by atoms with E-state index in [-0.39, 0.29) is 0 Å². The van der Waals surface area contributed by atoms with Crippen molar-refractivity contribution in [3.63, 3.8) is 0 Å². The van der Waals surface area contributed by atoms with Crippen LogP contribution in [0, 0.1) is 37.0 Å². The molecule has 2 atom stereocenters. The molecule has 0 bridgehead atoms. The lowest BCUT2D eigenvalue weighted by Crippen LogP contribution is -2.25. The molecule has 2 aliphatic rings. The molecule has 2 aliphatic heterocycles. The van der Waals surface area contributed by atoms with Crippen molar-refractivity contribution in [2.24, 2.45) is 11.8 Å². The van der Waals surface area contributed by atoms with Gasteiger partial charge in [0.1, 0.15) is 11.9 Å². The Morgan fingerprint density at radius 1 is 1.47 bits per heavy atom. The lowest BCUT2D eigenvalue weighted by molar-refractivity contribution is 0.558. The van der Waals surface area contributed by atoms with Crippen molar-refractivity contribution >= 4 is 5.82 Å². The smallest absolute Gasteiger partial charge is 0.129 e. The summed E-state index contributed by atoms with van der Waals surface area (Å²) in [6.07, 6.45) is 0. The van der Waals surface area contributed by atoms with Gasteiger partial charge in [-0.1, -0.05) is 6.58 Å². The van der Waals surface area contributed by atoms with Crippen molar-refractivity contribution in [3.05, 3.63) is 35.2 Å². The predicted octanol–water partition coefficient (Wildman–Crippen LogP) is 1.74. The molecule has 0 unspecified atom stereocenters. The Morgan fingerprint density at radius 3 is 2.89 bits per heavy atom. The summed E-state index contributed by atoms with van der Waals surface area (Å²) in [5.74, 6) is 2.18. The molecule has 1 aromatic rings. The molecule has 2 fully saturated rings. The summed E-state index contributed by atoms with van der Waals surface area (Å²) >= 11 is 0. The van der Waals surface area contributed by atoms with Gasteiger partial charge in [0.15, 0.2) is 0 Å². The number of fused-ring (bicyclic) bond motifs is 1. The normalized spacial score (nSPS) is 25.1. The summed E-state index contributed by atoms with van der Waals surface area (Å²) in [6, 6.07) is 4.25. The van der Waals surface area contributed by atoms with Crippen molar-refractivity contribution < 1.29 is 0 Å². The maximum absolute atomic E-state index is 9.10. The molecular weight excluding hydrogens is 236 g/mol. The summed E-state index contributed by atoms with van der Waals surface area (Å²) in [7, 11) is 0. The van der Waals surface area contributed by atoms with E-state index in [9.17, 15) is 0 Å². The van der Waals surface area contributed by atoms with E-state index in [2.05, 4.69) is 27.8 Å². The number of nitrogens with one attached hydrogen (secondary N) is 1. The molecule has 1 aromatic heterocycles. The third-order valence-electron chi connectivity index (χ3n) is 4.30. The van der Waals surface area contributed by atoms with Crippen molar-refractivity contribution in [2.75, 3.05) is 24.5 Å². The molecule has 2 saturated heterocycles. The van der Waals surface area contributed by atoms with Crippen LogP contribution in [0.4, 0.5) is 5.82 Å². The predicted molar refractivity (Wildman–Crippen MR) is 74.8 cm³/mol. The molecule has 4 nitrogen and oxygen atoms in total. The summed E-state index contributed by atoms with van der Waals surface area (Å²) in [6.45, 7) is 11.0. The zero-order valence-electron chi connectivity index (χ0n) is 11.4.